The van der Waals surface area contributed by atoms with Gasteiger partial charge in [-0.3, -0.25) is 14.5 Å². The van der Waals surface area contributed by atoms with Crippen LogP contribution in [0.5, 0.6) is 17.2 Å². The molecule has 0 fully saturated rings. The molecule has 252 valence electrons. The van der Waals surface area contributed by atoms with E-state index in [9.17, 15) is 19.1 Å². The number of benzene rings is 4. The zero-order valence-corrected chi connectivity index (χ0v) is 28.3. The van der Waals surface area contributed by atoms with Gasteiger partial charge in [0, 0.05) is 11.1 Å². The Morgan fingerprint density at radius 3 is 2.50 bits per heavy atom. The Bertz CT molecular complexity index is 2250. The maximum Gasteiger partial charge on any atom is 0.296 e. The van der Waals surface area contributed by atoms with Crippen molar-refractivity contribution in [3.05, 3.63) is 137 Å². The molecule has 0 bridgehead atoms. The van der Waals surface area contributed by atoms with Crippen LogP contribution in [0.2, 0.25) is 0 Å². The van der Waals surface area contributed by atoms with Crippen LogP contribution in [-0.4, -0.2) is 41.2 Å². The topological polar surface area (TPSA) is 124 Å². The van der Waals surface area contributed by atoms with Crippen molar-refractivity contribution in [1.29, 1.82) is 0 Å². The summed E-state index contributed by atoms with van der Waals surface area (Å²) in [7, 11) is 2.97. The lowest BCUT2D eigenvalue weighted by molar-refractivity contribution is -0.117. The van der Waals surface area contributed by atoms with E-state index in [2.05, 4.69) is 10.2 Å². The van der Waals surface area contributed by atoms with Gasteiger partial charge in [-0.2, -0.15) is 0 Å². The Kier molecular flexibility index (Phi) is 9.24. The van der Waals surface area contributed by atoms with Crippen LogP contribution in [0.25, 0.3) is 11.0 Å². The number of halogens is 1. The molecule has 10 nitrogen and oxygen atoms in total. The number of aromatic nitrogens is 2. The molecule has 1 N–H and O–H groups in total. The summed E-state index contributed by atoms with van der Waals surface area (Å²) in [4.78, 5) is 29.3. The van der Waals surface area contributed by atoms with Gasteiger partial charge < -0.3 is 23.7 Å². The van der Waals surface area contributed by atoms with E-state index in [-0.39, 0.29) is 34.6 Å². The number of ether oxygens (including phenoxy) is 3. The van der Waals surface area contributed by atoms with E-state index in [4.69, 9.17) is 18.6 Å². The highest BCUT2D eigenvalue weighted by atomic mass is 32.2. The molecule has 6 aromatic rings. The molecule has 0 radical (unpaired) electrons. The predicted octanol–water partition coefficient (Wildman–Crippen LogP) is 8.09. The highest BCUT2D eigenvalue weighted by molar-refractivity contribution is 8.00. The average molecular weight is 710 g/mol. The standard InChI is InChI=1S/C37H28FN3O7S2/c1-45-27-14-8-12-23-18-29(48-34(23)27)32(42)30-31(22-15-16-26(28(17-22)46-2)47-19-21-9-4-3-5-10-21)41(35(44)33(30)43)36-39-40-37(50-36)49-20-24-11-6-7-13-25(24)38/h3-18,31,43H,19-20H2,1-2H3. The van der Waals surface area contributed by atoms with Gasteiger partial charge in [0.05, 0.1) is 25.8 Å². The van der Waals surface area contributed by atoms with Crippen LogP contribution < -0.4 is 19.1 Å². The number of carbonyl (C=O) groups excluding carboxylic acids is 2. The maximum atomic E-state index is 14.3. The van der Waals surface area contributed by atoms with Crippen molar-refractivity contribution in [2.75, 3.05) is 19.1 Å². The molecule has 0 saturated carbocycles. The quantitative estimate of drug-likeness (QED) is 0.0757. The molecular weight excluding hydrogens is 682 g/mol. The first-order valence-electron chi connectivity index (χ1n) is 15.3. The van der Waals surface area contributed by atoms with Crippen LogP contribution in [0, 0.1) is 5.82 Å². The summed E-state index contributed by atoms with van der Waals surface area (Å²) < 4.78 is 37.8. The number of ketones is 1. The first kappa shape index (κ1) is 32.9. The summed E-state index contributed by atoms with van der Waals surface area (Å²) >= 11 is 2.32. The van der Waals surface area contributed by atoms with Crippen molar-refractivity contribution in [2.45, 2.75) is 22.7 Å². The molecule has 0 saturated heterocycles. The molecule has 2 aromatic heterocycles. The number of hydrogen-bond donors (Lipinski definition) is 1. The molecule has 1 atom stereocenters. The molecule has 1 aliphatic rings. The minimum atomic E-state index is -1.15. The van der Waals surface area contributed by atoms with Crippen molar-refractivity contribution in [2.24, 2.45) is 0 Å². The molecule has 13 heteroatoms. The van der Waals surface area contributed by atoms with Crippen LogP contribution in [0.3, 0.4) is 0 Å². The minimum absolute atomic E-state index is 0.0983. The molecular formula is C37H28FN3O7S2. The number of carbonyl (C=O) groups is 2. The number of anilines is 1. The van der Waals surface area contributed by atoms with Gasteiger partial charge in [0.15, 0.2) is 38.7 Å². The lowest BCUT2D eigenvalue weighted by Gasteiger charge is -2.24. The number of rotatable bonds is 12. The number of Topliss-reactive ketones (excluding diaryl/α,β-unsaturated/α-hetero) is 1. The van der Waals surface area contributed by atoms with Crippen molar-refractivity contribution < 1.29 is 37.7 Å². The Hall–Kier alpha value is -5.66. The van der Waals surface area contributed by atoms with Crippen LogP contribution in [0.1, 0.15) is 33.3 Å². The zero-order valence-electron chi connectivity index (χ0n) is 26.7. The monoisotopic (exact) mass is 709 g/mol. The van der Waals surface area contributed by atoms with Gasteiger partial charge in [-0.15, -0.1) is 10.2 Å². The lowest BCUT2D eigenvalue weighted by atomic mass is 9.95. The average Bonchev–Trinajstić information content (AvgIpc) is 3.86. The first-order chi connectivity index (χ1) is 24.4. The molecule has 50 heavy (non-hydrogen) atoms. The summed E-state index contributed by atoms with van der Waals surface area (Å²) in [5.41, 5.74) is 2.00. The Morgan fingerprint density at radius 2 is 1.72 bits per heavy atom. The van der Waals surface area contributed by atoms with E-state index >= 15 is 0 Å². The largest absolute Gasteiger partial charge is 0.503 e. The van der Waals surface area contributed by atoms with E-state index in [0.717, 1.165) is 16.9 Å². The van der Waals surface area contributed by atoms with Crippen molar-refractivity contribution >= 4 is 50.9 Å². The Labute approximate surface area is 293 Å². The van der Waals surface area contributed by atoms with Crippen molar-refractivity contribution in [3.8, 4) is 17.2 Å². The van der Waals surface area contributed by atoms with Crippen LogP contribution in [0.15, 0.2) is 117 Å². The predicted molar refractivity (Wildman–Crippen MR) is 187 cm³/mol. The minimum Gasteiger partial charge on any atom is -0.503 e. The van der Waals surface area contributed by atoms with Gasteiger partial charge in [-0.25, -0.2) is 4.39 Å². The zero-order chi connectivity index (χ0) is 34.8. The number of amides is 1. The third kappa shape index (κ3) is 6.28. The van der Waals surface area contributed by atoms with E-state index in [1.165, 1.54) is 43.0 Å². The van der Waals surface area contributed by atoms with Crippen LogP contribution in [0.4, 0.5) is 9.52 Å². The normalized spacial score (nSPS) is 14.4. The number of fused-ring (bicyclic) bond motifs is 1. The molecule has 3 heterocycles. The second kappa shape index (κ2) is 14.1. The fourth-order valence-electron chi connectivity index (χ4n) is 5.61. The number of aliphatic hydroxyl groups excluding tert-OH is 1. The third-order valence-electron chi connectivity index (χ3n) is 8.06. The van der Waals surface area contributed by atoms with Crippen molar-refractivity contribution in [3.63, 3.8) is 0 Å². The number of aliphatic hydroxyl groups is 1. The van der Waals surface area contributed by atoms with Crippen LogP contribution >= 0.6 is 23.1 Å². The third-order valence-corrected chi connectivity index (χ3v) is 10.2. The van der Waals surface area contributed by atoms with E-state index in [1.807, 2.05) is 30.3 Å². The lowest BCUT2D eigenvalue weighted by Crippen LogP contribution is -2.31. The summed E-state index contributed by atoms with van der Waals surface area (Å²) in [6, 6.07) is 26.7. The van der Waals surface area contributed by atoms with E-state index in [0.29, 0.717) is 43.7 Å². The van der Waals surface area contributed by atoms with Gasteiger partial charge in [0.25, 0.3) is 5.91 Å². The molecule has 7 rings (SSSR count). The highest BCUT2D eigenvalue weighted by Crippen LogP contribution is 2.46. The summed E-state index contributed by atoms with van der Waals surface area (Å²) in [6.07, 6.45) is 0. The number of para-hydroxylation sites is 1. The first-order valence-corrected chi connectivity index (χ1v) is 17.1. The van der Waals surface area contributed by atoms with Gasteiger partial charge in [0.1, 0.15) is 12.4 Å². The molecule has 1 aliphatic heterocycles. The molecule has 4 aromatic carbocycles. The molecule has 0 aliphatic carbocycles. The fraction of sp³-hybridized carbons (Fsp3) is 0.135. The van der Waals surface area contributed by atoms with Gasteiger partial charge >= 0.3 is 0 Å². The summed E-state index contributed by atoms with van der Waals surface area (Å²) in [6.45, 7) is 0.280. The Balaban J connectivity index is 1.26. The van der Waals surface area contributed by atoms with Crippen LogP contribution in [-0.2, 0) is 17.2 Å². The fourth-order valence-corrected chi connectivity index (χ4v) is 7.47. The van der Waals surface area contributed by atoms with E-state index in [1.54, 1.807) is 54.6 Å². The number of hydrogen-bond acceptors (Lipinski definition) is 11. The highest BCUT2D eigenvalue weighted by Gasteiger charge is 2.47. The second-order valence-corrected chi connectivity index (χ2v) is 13.3. The number of methoxy groups -OCH3 is 2. The van der Waals surface area contributed by atoms with Gasteiger partial charge in [0.2, 0.25) is 10.9 Å². The second-order valence-electron chi connectivity index (χ2n) is 11.1. The molecule has 1 amide bonds. The number of thioether (sulfide) groups is 1. The number of furan rings is 1. The van der Waals surface area contributed by atoms with E-state index < -0.39 is 23.5 Å². The number of nitrogens with zero attached hydrogens (tertiary/aromatic N) is 3. The molecule has 1 unspecified atom stereocenters. The summed E-state index contributed by atoms with van der Waals surface area (Å²) in [5.74, 6) is -1.27. The summed E-state index contributed by atoms with van der Waals surface area (Å²) in [5, 5.41) is 20.6. The smallest absolute Gasteiger partial charge is 0.296 e. The Morgan fingerprint density at radius 1 is 0.940 bits per heavy atom. The van der Waals surface area contributed by atoms with Gasteiger partial charge in [-0.05, 0) is 47.0 Å². The molecule has 0 spiro atoms. The van der Waals surface area contributed by atoms with Crippen molar-refractivity contribution in [1.82, 2.24) is 10.2 Å². The van der Waals surface area contributed by atoms with Gasteiger partial charge in [-0.1, -0.05) is 89.8 Å². The SMILES string of the molecule is COc1cc(C2C(C(=O)c3cc4cccc(OC)c4o3)=C(O)C(=O)N2c2nnc(SCc3ccccc3F)s2)ccc1OCc1ccccc1. The maximum absolute atomic E-state index is 14.3.